The van der Waals surface area contributed by atoms with Crippen LogP contribution in [0.2, 0.25) is 0 Å². The monoisotopic (exact) mass is 460 g/mol. The number of methoxy groups -OCH3 is 1. The van der Waals surface area contributed by atoms with Crippen LogP contribution >= 0.6 is 15.9 Å². The molecule has 1 aliphatic heterocycles. The standard InChI is InChI=1S/C19H13BrN2O7/c1-10(23)28-17-14(20)7-11(9-16(17)27-2)8-15-19(24)29-18(21-15)12-3-5-13(6-4-12)22(25)26/h3-9H,1-2H3/b15-8-. The second kappa shape index (κ2) is 8.23. The van der Waals surface area contributed by atoms with E-state index in [1.807, 2.05) is 0 Å². The first-order chi connectivity index (χ1) is 13.8. The number of rotatable bonds is 5. The van der Waals surface area contributed by atoms with Crippen LogP contribution in [0, 0.1) is 10.1 Å². The van der Waals surface area contributed by atoms with E-state index in [0.29, 0.717) is 15.6 Å². The molecule has 0 fully saturated rings. The molecule has 1 aliphatic rings. The van der Waals surface area contributed by atoms with Crippen molar-refractivity contribution >= 4 is 45.5 Å². The predicted molar refractivity (Wildman–Crippen MR) is 106 cm³/mol. The number of carbonyl (C=O) groups is 2. The fourth-order valence-corrected chi connectivity index (χ4v) is 3.02. The predicted octanol–water partition coefficient (Wildman–Crippen LogP) is 3.64. The lowest BCUT2D eigenvalue weighted by molar-refractivity contribution is -0.384. The molecule has 3 rings (SSSR count). The number of ether oxygens (including phenoxy) is 3. The molecular weight excluding hydrogens is 448 g/mol. The molecule has 9 nitrogen and oxygen atoms in total. The third-order valence-corrected chi connectivity index (χ3v) is 4.34. The highest BCUT2D eigenvalue weighted by molar-refractivity contribution is 9.10. The van der Waals surface area contributed by atoms with E-state index >= 15 is 0 Å². The SMILES string of the molecule is COc1cc(/C=C2\N=C(c3ccc([N+](=O)[O-])cc3)OC2=O)cc(Br)c1OC(C)=O. The summed E-state index contributed by atoms with van der Waals surface area (Å²) in [6.45, 7) is 1.27. The summed E-state index contributed by atoms with van der Waals surface area (Å²) in [4.78, 5) is 37.8. The van der Waals surface area contributed by atoms with Gasteiger partial charge in [-0.05, 0) is 51.8 Å². The minimum Gasteiger partial charge on any atom is -0.493 e. The largest absolute Gasteiger partial charge is 0.493 e. The lowest BCUT2D eigenvalue weighted by Gasteiger charge is -2.11. The summed E-state index contributed by atoms with van der Waals surface area (Å²) in [5.74, 6) is -0.637. The van der Waals surface area contributed by atoms with Gasteiger partial charge in [0.05, 0.1) is 16.5 Å². The number of carbonyl (C=O) groups excluding carboxylic acids is 2. The molecule has 0 saturated carbocycles. The van der Waals surface area contributed by atoms with Gasteiger partial charge < -0.3 is 14.2 Å². The zero-order chi connectivity index (χ0) is 21.1. The second-order valence-corrected chi connectivity index (χ2v) is 6.62. The van der Waals surface area contributed by atoms with Gasteiger partial charge in [-0.2, -0.15) is 0 Å². The number of halogens is 1. The molecule has 0 radical (unpaired) electrons. The minimum absolute atomic E-state index is 0.0348. The van der Waals surface area contributed by atoms with Crippen LogP contribution in [0.5, 0.6) is 11.5 Å². The number of hydrogen-bond acceptors (Lipinski definition) is 8. The lowest BCUT2D eigenvalue weighted by atomic mass is 10.1. The number of non-ortho nitro benzene ring substituents is 1. The first kappa shape index (κ1) is 20.2. The molecule has 0 unspecified atom stereocenters. The Kier molecular flexibility index (Phi) is 5.74. The van der Waals surface area contributed by atoms with Gasteiger partial charge in [0.15, 0.2) is 17.2 Å². The van der Waals surface area contributed by atoms with E-state index in [-0.39, 0.29) is 28.8 Å². The van der Waals surface area contributed by atoms with Gasteiger partial charge in [0, 0.05) is 24.6 Å². The van der Waals surface area contributed by atoms with Crippen molar-refractivity contribution in [3.63, 3.8) is 0 Å². The van der Waals surface area contributed by atoms with Crippen LogP contribution in [-0.4, -0.2) is 29.9 Å². The molecule has 0 saturated heterocycles. The topological polar surface area (TPSA) is 117 Å². The molecule has 0 N–H and O–H groups in total. The molecular formula is C19H13BrN2O7. The maximum atomic E-state index is 12.2. The van der Waals surface area contributed by atoms with Gasteiger partial charge in [-0.25, -0.2) is 9.79 Å². The Morgan fingerprint density at radius 3 is 2.55 bits per heavy atom. The van der Waals surface area contributed by atoms with E-state index in [2.05, 4.69) is 20.9 Å². The second-order valence-electron chi connectivity index (χ2n) is 5.77. The summed E-state index contributed by atoms with van der Waals surface area (Å²) in [7, 11) is 1.42. The van der Waals surface area contributed by atoms with Crippen LogP contribution in [-0.2, 0) is 14.3 Å². The van der Waals surface area contributed by atoms with Crippen molar-refractivity contribution in [1.82, 2.24) is 0 Å². The van der Waals surface area contributed by atoms with Crippen LogP contribution in [0.15, 0.2) is 51.6 Å². The fraction of sp³-hybridized carbons (Fsp3) is 0.105. The lowest BCUT2D eigenvalue weighted by Crippen LogP contribution is -2.05. The van der Waals surface area contributed by atoms with Crippen molar-refractivity contribution in [3.8, 4) is 11.5 Å². The number of cyclic esters (lactones) is 1. The Hall–Kier alpha value is -3.53. The Balaban J connectivity index is 1.93. The van der Waals surface area contributed by atoms with E-state index in [1.54, 1.807) is 12.1 Å². The van der Waals surface area contributed by atoms with Crippen LogP contribution < -0.4 is 9.47 Å². The van der Waals surface area contributed by atoms with Gasteiger partial charge in [-0.1, -0.05) is 0 Å². The van der Waals surface area contributed by atoms with Crippen molar-refractivity contribution in [1.29, 1.82) is 0 Å². The van der Waals surface area contributed by atoms with Gasteiger partial charge in [0.1, 0.15) is 0 Å². The zero-order valence-electron chi connectivity index (χ0n) is 15.2. The van der Waals surface area contributed by atoms with Gasteiger partial charge in [0.25, 0.3) is 5.69 Å². The molecule has 0 amide bonds. The maximum absolute atomic E-state index is 12.2. The summed E-state index contributed by atoms with van der Waals surface area (Å²) >= 11 is 3.31. The highest BCUT2D eigenvalue weighted by atomic mass is 79.9. The normalized spacial score (nSPS) is 14.4. The Bertz CT molecular complexity index is 1070. The number of nitrogens with zero attached hydrogens (tertiary/aromatic N) is 2. The first-order valence-corrected chi connectivity index (χ1v) is 8.91. The third-order valence-electron chi connectivity index (χ3n) is 3.75. The minimum atomic E-state index is -0.669. The fourth-order valence-electron chi connectivity index (χ4n) is 2.48. The summed E-state index contributed by atoms with van der Waals surface area (Å²) in [6.07, 6.45) is 1.48. The van der Waals surface area contributed by atoms with Crippen molar-refractivity contribution in [2.45, 2.75) is 6.92 Å². The van der Waals surface area contributed by atoms with Gasteiger partial charge >= 0.3 is 11.9 Å². The molecule has 2 aromatic carbocycles. The number of aliphatic imine (C=N–C) groups is 1. The maximum Gasteiger partial charge on any atom is 0.363 e. The Labute approximate surface area is 172 Å². The van der Waals surface area contributed by atoms with Crippen molar-refractivity contribution < 1.29 is 28.7 Å². The van der Waals surface area contributed by atoms with Gasteiger partial charge in [0.2, 0.25) is 5.90 Å². The van der Waals surface area contributed by atoms with E-state index in [9.17, 15) is 19.7 Å². The van der Waals surface area contributed by atoms with E-state index in [4.69, 9.17) is 14.2 Å². The average Bonchev–Trinajstić information content (AvgIpc) is 3.04. The first-order valence-electron chi connectivity index (χ1n) is 8.12. The molecule has 148 valence electrons. The number of nitro benzene ring substituents is 1. The molecule has 0 aromatic heterocycles. The molecule has 0 spiro atoms. The highest BCUT2D eigenvalue weighted by Gasteiger charge is 2.25. The van der Waals surface area contributed by atoms with E-state index in [1.165, 1.54) is 44.4 Å². The summed E-state index contributed by atoms with van der Waals surface area (Å²) in [5.41, 5.74) is 0.924. The highest BCUT2D eigenvalue weighted by Crippen LogP contribution is 2.37. The molecule has 0 bridgehead atoms. The van der Waals surface area contributed by atoms with E-state index in [0.717, 1.165) is 0 Å². The summed E-state index contributed by atoms with van der Waals surface area (Å²) in [6, 6.07) is 8.68. The summed E-state index contributed by atoms with van der Waals surface area (Å²) < 4.78 is 16.0. The molecule has 29 heavy (non-hydrogen) atoms. The quantitative estimate of drug-likeness (QED) is 0.219. The number of hydrogen-bond donors (Lipinski definition) is 0. The Morgan fingerprint density at radius 2 is 1.97 bits per heavy atom. The average molecular weight is 461 g/mol. The number of esters is 2. The molecule has 1 heterocycles. The molecule has 0 atom stereocenters. The third kappa shape index (κ3) is 4.49. The van der Waals surface area contributed by atoms with Crippen LogP contribution in [0.3, 0.4) is 0 Å². The number of nitro groups is 1. The van der Waals surface area contributed by atoms with Crippen LogP contribution in [0.4, 0.5) is 5.69 Å². The van der Waals surface area contributed by atoms with Gasteiger partial charge in [-0.15, -0.1) is 0 Å². The summed E-state index contributed by atoms with van der Waals surface area (Å²) in [5, 5.41) is 10.7. The molecule has 2 aromatic rings. The van der Waals surface area contributed by atoms with Crippen molar-refractivity contribution in [2.75, 3.05) is 7.11 Å². The van der Waals surface area contributed by atoms with Crippen molar-refractivity contribution in [3.05, 3.63) is 67.8 Å². The zero-order valence-corrected chi connectivity index (χ0v) is 16.8. The van der Waals surface area contributed by atoms with Crippen molar-refractivity contribution in [2.24, 2.45) is 4.99 Å². The van der Waals surface area contributed by atoms with Gasteiger partial charge in [-0.3, -0.25) is 14.9 Å². The van der Waals surface area contributed by atoms with E-state index < -0.39 is 16.9 Å². The Morgan fingerprint density at radius 1 is 1.28 bits per heavy atom. The number of benzene rings is 2. The molecule has 10 heteroatoms. The smallest absolute Gasteiger partial charge is 0.363 e. The van der Waals surface area contributed by atoms with Crippen LogP contribution in [0.25, 0.3) is 6.08 Å². The van der Waals surface area contributed by atoms with Crippen LogP contribution in [0.1, 0.15) is 18.1 Å². The molecule has 0 aliphatic carbocycles.